The Balaban J connectivity index is 0.929. The summed E-state index contributed by atoms with van der Waals surface area (Å²) in [5, 5.41) is 10.1. The summed E-state index contributed by atoms with van der Waals surface area (Å²) in [5.74, 6) is 0. The molecule has 0 bridgehead atoms. The highest BCUT2D eigenvalue weighted by atomic mass is 15.0. The van der Waals surface area contributed by atoms with Crippen LogP contribution < -0.4 is 0 Å². The minimum absolute atomic E-state index is 1.16. The third-order valence-electron chi connectivity index (χ3n) is 12.6. The molecule has 0 radical (unpaired) electrons. The molecule has 0 saturated heterocycles. The first-order chi connectivity index (χ1) is 30.2. The first kappa shape index (κ1) is 35.0. The molecule has 0 atom stereocenters. The van der Waals surface area contributed by atoms with Crippen molar-refractivity contribution in [1.29, 1.82) is 0 Å². The highest BCUT2D eigenvalue weighted by Crippen LogP contribution is 2.41. The maximum atomic E-state index is 2.38. The lowest BCUT2D eigenvalue weighted by Gasteiger charge is -2.15. The monoisotopic (exact) mass is 773 g/mol. The van der Waals surface area contributed by atoms with Crippen LogP contribution in [0, 0.1) is 0 Å². The van der Waals surface area contributed by atoms with Gasteiger partial charge in [-0.2, -0.15) is 0 Å². The number of hydrogen-bond acceptors (Lipinski definition) is 0. The minimum atomic E-state index is 1.16. The van der Waals surface area contributed by atoms with Gasteiger partial charge in [-0.25, -0.2) is 0 Å². The van der Waals surface area contributed by atoms with Gasteiger partial charge in [-0.3, -0.25) is 0 Å². The second-order valence-corrected chi connectivity index (χ2v) is 16.1. The Hall–Kier alpha value is -8.00. The van der Waals surface area contributed by atoms with Gasteiger partial charge in [0.1, 0.15) is 0 Å². The van der Waals surface area contributed by atoms with Crippen LogP contribution in [0.2, 0.25) is 0 Å². The van der Waals surface area contributed by atoms with Gasteiger partial charge in [-0.1, -0.05) is 194 Å². The summed E-state index contributed by atoms with van der Waals surface area (Å²) in [4.78, 5) is 0. The Labute approximate surface area is 355 Å². The molecule has 0 fully saturated rings. The average molecular weight is 774 g/mol. The number of rotatable bonds is 6. The molecule has 1 heterocycles. The first-order valence-electron chi connectivity index (χ1n) is 21.1. The normalized spacial score (nSPS) is 11.6. The summed E-state index contributed by atoms with van der Waals surface area (Å²) in [5.41, 5.74) is 15.8. The molecule has 1 aromatic heterocycles. The fraction of sp³-hybridized carbons (Fsp3) is 0. The summed E-state index contributed by atoms with van der Waals surface area (Å²) in [6.45, 7) is 0. The van der Waals surface area contributed by atoms with Gasteiger partial charge in [0.05, 0.1) is 11.0 Å². The van der Waals surface area contributed by atoms with Gasteiger partial charge in [0.15, 0.2) is 0 Å². The second kappa shape index (κ2) is 14.4. The van der Waals surface area contributed by atoms with Crippen molar-refractivity contribution >= 4 is 54.1 Å². The van der Waals surface area contributed by atoms with E-state index >= 15 is 0 Å². The quantitative estimate of drug-likeness (QED) is 0.159. The average Bonchev–Trinajstić information content (AvgIpc) is 3.67. The van der Waals surface area contributed by atoms with E-state index in [1.54, 1.807) is 0 Å². The summed E-state index contributed by atoms with van der Waals surface area (Å²) in [6, 6.07) is 86.8. The smallest absolute Gasteiger partial charge is 0.0541 e. The highest BCUT2D eigenvalue weighted by molar-refractivity contribution is 6.10. The number of para-hydroxylation sites is 2. The number of fused-ring (bicyclic) bond motifs is 6. The molecule has 12 rings (SSSR count). The van der Waals surface area contributed by atoms with E-state index in [0.29, 0.717) is 0 Å². The van der Waals surface area contributed by atoms with Crippen LogP contribution in [0.15, 0.2) is 237 Å². The molecule has 0 N–H and O–H groups in total. The van der Waals surface area contributed by atoms with E-state index in [-0.39, 0.29) is 0 Å². The van der Waals surface area contributed by atoms with Crippen LogP contribution in [-0.2, 0) is 0 Å². The molecule has 1 heteroatoms. The molecule has 284 valence electrons. The largest absolute Gasteiger partial charge is 0.309 e. The van der Waals surface area contributed by atoms with Gasteiger partial charge in [-0.15, -0.1) is 0 Å². The van der Waals surface area contributed by atoms with E-state index in [9.17, 15) is 0 Å². The SMILES string of the molecule is c1ccc2c(-c3cc(-c4ccc(-c5ccc(-c6ccc(-n7c8ccccc8c8ccccc87)cc6)c6ccccc56)cc4)cc(-c4cccc5ccccc45)c3)cccc2c1. The third-order valence-corrected chi connectivity index (χ3v) is 12.6. The summed E-state index contributed by atoms with van der Waals surface area (Å²) < 4.78 is 2.38. The fourth-order valence-corrected chi connectivity index (χ4v) is 9.70. The van der Waals surface area contributed by atoms with Crippen molar-refractivity contribution in [2.45, 2.75) is 0 Å². The second-order valence-electron chi connectivity index (χ2n) is 16.1. The number of hydrogen-bond donors (Lipinski definition) is 0. The lowest BCUT2D eigenvalue weighted by molar-refractivity contribution is 1.18. The maximum absolute atomic E-state index is 2.38. The predicted octanol–water partition coefficient (Wildman–Crippen LogP) is 16.6. The van der Waals surface area contributed by atoms with Crippen molar-refractivity contribution in [2.24, 2.45) is 0 Å². The third kappa shape index (κ3) is 5.93. The fourth-order valence-electron chi connectivity index (χ4n) is 9.70. The number of benzene rings is 11. The summed E-state index contributed by atoms with van der Waals surface area (Å²) in [7, 11) is 0. The lowest BCUT2D eigenvalue weighted by atomic mass is 9.89. The van der Waals surface area contributed by atoms with Crippen LogP contribution in [0.5, 0.6) is 0 Å². The minimum Gasteiger partial charge on any atom is -0.309 e. The van der Waals surface area contributed by atoms with E-state index in [4.69, 9.17) is 0 Å². The van der Waals surface area contributed by atoms with Crippen LogP contribution in [0.1, 0.15) is 0 Å². The Kier molecular flexibility index (Phi) is 8.25. The zero-order valence-corrected chi connectivity index (χ0v) is 33.5. The molecule has 0 spiro atoms. The molecule has 12 aromatic rings. The first-order valence-corrected chi connectivity index (χ1v) is 21.1. The van der Waals surface area contributed by atoms with E-state index in [0.717, 1.165) is 5.69 Å². The molecule has 0 saturated carbocycles. The molecular weight excluding hydrogens is 735 g/mol. The number of aromatic nitrogens is 1. The summed E-state index contributed by atoms with van der Waals surface area (Å²) >= 11 is 0. The molecular formula is C60H39N. The van der Waals surface area contributed by atoms with Crippen LogP contribution >= 0.6 is 0 Å². The van der Waals surface area contributed by atoms with Crippen molar-refractivity contribution in [2.75, 3.05) is 0 Å². The molecule has 11 aromatic carbocycles. The zero-order chi connectivity index (χ0) is 40.3. The van der Waals surface area contributed by atoms with Crippen LogP contribution in [0.25, 0.3) is 115 Å². The van der Waals surface area contributed by atoms with E-state index < -0.39 is 0 Å². The molecule has 0 amide bonds. The maximum Gasteiger partial charge on any atom is 0.0541 e. The van der Waals surface area contributed by atoms with Crippen molar-refractivity contribution < 1.29 is 0 Å². The standard InChI is InChI=1S/C60H39N/c1-3-17-49-41(13-1)15-11-23-51(49)46-37-45(38-47(39-46)52-24-12-16-42-14-2-4-18-50(42)52)40-27-29-43(30-28-40)53-35-36-54(56-20-6-5-19-55(53)56)44-31-33-48(34-32-44)61-59-25-9-7-21-57(59)58-22-8-10-26-60(58)61/h1-39H. The van der Waals surface area contributed by atoms with E-state index in [2.05, 4.69) is 241 Å². The van der Waals surface area contributed by atoms with Gasteiger partial charge in [0, 0.05) is 16.5 Å². The molecule has 1 nitrogen and oxygen atoms in total. The van der Waals surface area contributed by atoms with Gasteiger partial charge in [0.2, 0.25) is 0 Å². The van der Waals surface area contributed by atoms with Crippen LogP contribution in [0.3, 0.4) is 0 Å². The topological polar surface area (TPSA) is 4.93 Å². The Morgan fingerprint density at radius 1 is 0.213 bits per heavy atom. The Morgan fingerprint density at radius 2 is 0.574 bits per heavy atom. The van der Waals surface area contributed by atoms with Gasteiger partial charge in [0.25, 0.3) is 0 Å². The van der Waals surface area contributed by atoms with Gasteiger partial charge >= 0.3 is 0 Å². The zero-order valence-electron chi connectivity index (χ0n) is 33.5. The Morgan fingerprint density at radius 3 is 1.08 bits per heavy atom. The van der Waals surface area contributed by atoms with E-state index in [1.165, 1.54) is 110 Å². The molecule has 0 aliphatic carbocycles. The number of nitrogens with zero attached hydrogens (tertiary/aromatic N) is 1. The van der Waals surface area contributed by atoms with Crippen molar-refractivity contribution in [3.8, 4) is 61.3 Å². The van der Waals surface area contributed by atoms with Crippen molar-refractivity contribution in [1.82, 2.24) is 4.57 Å². The van der Waals surface area contributed by atoms with Crippen molar-refractivity contribution in [3.05, 3.63) is 237 Å². The molecule has 61 heavy (non-hydrogen) atoms. The van der Waals surface area contributed by atoms with Crippen LogP contribution in [0.4, 0.5) is 0 Å². The summed E-state index contributed by atoms with van der Waals surface area (Å²) in [6.07, 6.45) is 0. The van der Waals surface area contributed by atoms with Crippen LogP contribution in [-0.4, -0.2) is 4.57 Å². The van der Waals surface area contributed by atoms with Gasteiger partial charge < -0.3 is 4.57 Å². The highest BCUT2D eigenvalue weighted by Gasteiger charge is 2.15. The van der Waals surface area contributed by atoms with E-state index in [1.807, 2.05) is 0 Å². The van der Waals surface area contributed by atoms with Gasteiger partial charge in [-0.05, 0) is 130 Å². The predicted molar refractivity (Wildman–Crippen MR) is 260 cm³/mol. The molecule has 0 aliphatic heterocycles. The lowest BCUT2D eigenvalue weighted by Crippen LogP contribution is -1.93. The molecule has 0 unspecified atom stereocenters. The van der Waals surface area contributed by atoms with Crippen molar-refractivity contribution in [3.63, 3.8) is 0 Å². The molecule has 0 aliphatic rings. The Bertz CT molecular complexity index is 3460.